The van der Waals surface area contributed by atoms with Crippen molar-refractivity contribution in [3.8, 4) is 0 Å². The standard InChI is InChI=1S/C5H5O2/c6-4-1-2-5(7)3-4/h7H,1,3H2. The molecule has 0 aromatic carbocycles. The van der Waals surface area contributed by atoms with Gasteiger partial charge in [-0.2, -0.15) is 0 Å². The summed E-state index contributed by atoms with van der Waals surface area (Å²) in [5, 5.41) is 8.48. The predicted octanol–water partition coefficient (Wildman–Crippen LogP) is 0.594. The topological polar surface area (TPSA) is 37.3 Å². The van der Waals surface area contributed by atoms with Gasteiger partial charge in [0.05, 0.1) is 6.42 Å². The van der Waals surface area contributed by atoms with Gasteiger partial charge in [-0.05, 0) is 0 Å². The van der Waals surface area contributed by atoms with E-state index in [9.17, 15) is 4.79 Å². The molecular formula is C5H5O2. The molecule has 0 bridgehead atoms. The zero-order chi connectivity index (χ0) is 5.28. The molecule has 1 radical (unpaired) electrons. The molecule has 1 N–H and O–H groups in total. The maximum Gasteiger partial charge on any atom is 0.144 e. The molecule has 0 amide bonds. The van der Waals surface area contributed by atoms with Crippen LogP contribution in [0.25, 0.3) is 0 Å². The fraction of sp³-hybridized carbons (Fsp3) is 0.400. The van der Waals surface area contributed by atoms with Crippen LogP contribution < -0.4 is 0 Å². The van der Waals surface area contributed by atoms with Gasteiger partial charge in [0, 0.05) is 12.5 Å². The minimum absolute atomic E-state index is 0.0532. The van der Waals surface area contributed by atoms with Gasteiger partial charge in [0.25, 0.3) is 0 Å². The van der Waals surface area contributed by atoms with E-state index in [1.54, 1.807) is 0 Å². The first-order valence-electron chi connectivity index (χ1n) is 2.09. The van der Waals surface area contributed by atoms with Crippen molar-refractivity contribution in [2.45, 2.75) is 12.8 Å². The minimum Gasteiger partial charge on any atom is -0.512 e. The first-order valence-corrected chi connectivity index (χ1v) is 2.09. The number of Topliss-reactive ketones (excluding diaryl/α,β-unsaturated/α-hetero) is 1. The Labute approximate surface area is 41.5 Å². The van der Waals surface area contributed by atoms with Crippen LogP contribution in [-0.4, -0.2) is 10.9 Å². The van der Waals surface area contributed by atoms with Crippen LogP contribution in [0.2, 0.25) is 0 Å². The normalized spacial score (nSPS) is 20.0. The molecule has 0 aliphatic heterocycles. The summed E-state index contributed by atoms with van der Waals surface area (Å²) in [6.07, 6.45) is 2.98. The van der Waals surface area contributed by atoms with Crippen molar-refractivity contribution in [3.63, 3.8) is 0 Å². The van der Waals surface area contributed by atoms with Crippen molar-refractivity contribution in [1.82, 2.24) is 0 Å². The van der Waals surface area contributed by atoms with E-state index < -0.39 is 0 Å². The van der Waals surface area contributed by atoms with E-state index in [0.29, 0.717) is 6.42 Å². The molecular weight excluding hydrogens is 92.1 g/mol. The zero-order valence-corrected chi connectivity index (χ0v) is 3.77. The van der Waals surface area contributed by atoms with Crippen molar-refractivity contribution in [2.75, 3.05) is 0 Å². The summed E-state index contributed by atoms with van der Waals surface area (Å²) in [4.78, 5) is 10.2. The van der Waals surface area contributed by atoms with E-state index >= 15 is 0 Å². The van der Waals surface area contributed by atoms with Gasteiger partial charge >= 0.3 is 0 Å². The Hall–Kier alpha value is -0.790. The molecule has 2 heteroatoms. The maximum atomic E-state index is 10.2. The van der Waals surface area contributed by atoms with Gasteiger partial charge in [-0.3, -0.25) is 4.79 Å². The van der Waals surface area contributed by atoms with Crippen LogP contribution in [0, 0.1) is 6.08 Å². The number of aliphatic hydroxyl groups excluding tert-OH is 1. The molecule has 7 heavy (non-hydrogen) atoms. The van der Waals surface area contributed by atoms with E-state index in [-0.39, 0.29) is 18.0 Å². The largest absolute Gasteiger partial charge is 0.512 e. The van der Waals surface area contributed by atoms with E-state index in [2.05, 4.69) is 6.08 Å². The molecule has 0 aromatic rings. The third-order valence-corrected chi connectivity index (χ3v) is 0.854. The Balaban J connectivity index is 2.58. The first-order chi connectivity index (χ1) is 3.29. The third kappa shape index (κ3) is 0.796. The number of ketones is 1. The lowest BCUT2D eigenvalue weighted by atomic mass is 10.3. The molecule has 1 aliphatic rings. The van der Waals surface area contributed by atoms with E-state index in [4.69, 9.17) is 5.11 Å². The fourth-order valence-electron chi connectivity index (χ4n) is 0.512. The summed E-state index contributed by atoms with van der Waals surface area (Å²) in [6.45, 7) is 0. The molecule has 0 saturated carbocycles. The lowest BCUT2D eigenvalue weighted by Crippen LogP contribution is -1.86. The van der Waals surface area contributed by atoms with Crippen LogP contribution in [0.3, 0.4) is 0 Å². The van der Waals surface area contributed by atoms with Gasteiger partial charge in [-0.15, -0.1) is 0 Å². The summed E-state index contributed by atoms with van der Waals surface area (Å²) in [7, 11) is 0. The zero-order valence-electron chi connectivity index (χ0n) is 3.77. The smallest absolute Gasteiger partial charge is 0.144 e. The van der Waals surface area contributed by atoms with Gasteiger partial charge < -0.3 is 5.11 Å². The minimum atomic E-state index is 0.0532. The SMILES string of the molecule is O=C1C[C]=C(O)C1. The Bertz CT molecular complexity index is 124. The van der Waals surface area contributed by atoms with E-state index in [1.165, 1.54) is 0 Å². The lowest BCUT2D eigenvalue weighted by Gasteiger charge is -1.79. The number of hydrogen-bond donors (Lipinski definition) is 1. The highest BCUT2D eigenvalue weighted by Gasteiger charge is 2.10. The summed E-state index contributed by atoms with van der Waals surface area (Å²) >= 11 is 0. The third-order valence-electron chi connectivity index (χ3n) is 0.854. The van der Waals surface area contributed by atoms with Gasteiger partial charge in [0.15, 0.2) is 0 Å². The van der Waals surface area contributed by atoms with Crippen LogP contribution >= 0.6 is 0 Å². The fourth-order valence-corrected chi connectivity index (χ4v) is 0.512. The highest BCUT2D eigenvalue weighted by atomic mass is 16.3. The Kier molecular flexibility index (Phi) is 0.855. The number of allylic oxidation sites excluding steroid dienone is 2. The second-order valence-electron chi connectivity index (χ2n) is 1.52. The molecule has 0 unspecified atom stereocenters. The molecule has 0 atom stereocenters. The molecule has 2 nitrogen and oxygen atoms in total. The van der Waals surface area contributed by atoms with Gasteiger partial charge in [0.2, 0.25) is 0 Å². The number of carbonyl (C=O) groups is 1. The molecule has 0 spiro atoms. The number of aliphatic hydroxyl groups is 1. The van der Waals surface area contributed by atoms with E-state index in [0.717, 1.165) is 0 Å². The number of hydrogen-bond acceptors (Lipinski definition) is 2. The molecule has 0 heterocycles. The molecule has 1 aliphatic carbocycles. The van der Waals surface area contributed by atoms with Gasteiger partial charge in [0.1, 0.15) is 11.5 Å². The molecule has 0 fully saturated rings. The molecule has 1 rings (SSSR count). The van der Waals surface area contributed by atoms with Crippen LogP contribution in [0.15, 0.2) is 5.76 Å². The van der Waals surface area contributed by atoms with Crippen molar-refractivity contribution in [2.24, 2.45) is 0 Å². The lowest BCUT2D eigenvalue weighted by molar-refractivity contribution is -0.117. The van der Waals surface area contributed by atoms with Crippen molar-refractivity contribution in [1.29, 1.82) is 0 Å². The van der Waals surface area contributed by atoms with Gasteiger partial charge in [-0.25, -0.2) is 0 Å². The predicted molar refractivity (Wildman–Crippen MR) is 23.6 cm³/mol. The first kappa shape index (κ1) is 4.37. The average Bonchev–Trinajstić information content (AvgIpc) is 1.87. The highest BCUT2D eigenvalue weighted by molar-refractivity contribution is 5.83. The van der Waals surface area contributed by atoms with Crippen molar-refractivity contribution in [3.05, 3.63) is 11.8 Å². The Morgan fingerprint density at radius 3 is 2.57 bits per heavy atom. The molecule has 37 valence electrons. The van der Waals surface area contributed by atoms with Crippen LogP contribution in [-0.2, 0) is 4.79 Å². The van der Waals surface area contributed by atoms with Crippen LogP contribution in [0.1, 0.15) is 12.8 Å². The summed E-state index contributed by atoms with van der Waals surface area (Å²) < 4.78 is 0. The molecule has 0 aromatic heterocycles. The summed E-state index contributed by atoms with van der Waals surface area (Å²) in [5.74, 6) is 0.155. The monoisotopic (exact) mass is 97.0 g/mol. The van der Waals surface area contributed by atoms with Crippen LogP contribution in [0.4, 0.5) is 0 Å². The highest BCUT2D eigenvalue weighted by Crippen LogP contribution is 2.08. The summed E-state index contributed by atoms with van der Waals surface area (Å²) in [5.41, 5.74) is 0. The van der Waals surface area contributed by atoms with Crippen molar-refractivity contribution >= 4 is 5.78 Å². The summed E-state index contributed by atoms with van der Waals surface area (Å²) in [6, 6.07) is 0. The van der Waals surface area contributed by atoms with Crippen LogP contribution in [0.5, 0.6) is 0 Å². The molecule has 0 saturated heterocycles. The second-order valence-corrected chi connectivity index (χ2v) is 1.52. The average molecular weight is 97.1 g/mol. The quantitative estimate of drug-likeness (QED) is 0.480. The Morgan fingerprint density at radius 1 is 1.71 bits per heavy atom. The second kappa shape index (κ2) is 1.37. The number of rotatable bonds is 0. The number of carbonyl (C=O) groups excluding carboxylic acids is 1. The van der Waals surface area contributed by atoms with Crippen molar-refractivity contribution < 1.29 is 9.90 Å². The van der Waals surface area contributed by atoms with Gasteiger partial charge in [-0.1, -0.05) is 0 Å². The van der Waals surface area contributed by atoms with E-state index in [1.807, 2.05) is 0 Å². The Morgan fingerprint density at radius 2 is 2.43 bits per heavy atom. The maximum absolute atomic E-state index is 10.2.